The Balaban J connectivity index is 0.00000450. The number of nitrogens with zero attached hydrogens (tertiary/aromatic N) is 7. The third-order valence-corrected chi connectivity index (χ3v) is 5.07. The molecule has 0 aliphatic carbocycles. The Labute approximate surface area is 197 Å². The molecule has 9 nitrogen and oxygen atoms in total. The van der Waals surface area contributed by atoms with Gasteiger partial charge in [-0.3, -0.25) is 14.7 Å². The van der Waals surface area contributed by atoms with E-state index in [1.165, 1.54) is 0 Å². The number of aromatic nitrogens is 2. The van der Waals surface area contributed by atoms with Gasteiger partial charge >= 0.3 is 0 Å². The maximum atomic E-state index is 12.4. The second-order valence-electron chi connectivity index (χ2n) is 7.04. The number of hydrogen-bond donors (Lipinski definition) is 1. The van der Waals surface area contributed by atoms with Crippen molar-refractivity contribution in [2.24, 2.45) is 4.99 Å². The van der Waals surface area contributed by atoms with Crippen molar-refractivity contribution >= 4 is 41.8 Å². The van der Waals surface area contributed by atoms with Crippen molar-refractivity contribution in [3.05, 3.63) is 18.5 Å². The summed E-state index contributed by atoms with van der Waals surface area (Å²) in [5.74, 6) is 1.71. The number of carbonyl (C=O) groups excluding carboxylic acids is 1. The number of guanidine groups is 1. The summed E-state index contributed by atoms with van der Waals surface area (Å²) in [5, 5.41) is 3.29. The Morgan fingerprint density at radius 3 is 2.33 bits per heavy atom. The molecule has 0 aromatic carbocycles. The second kappa shape index (κ2) is 14.3. The molecule has 0 unspecified atom stereocenters. The molecule has 0 saturated carbocycles. The van der Waals surface area contributed by atoms with Gasteiger partial charge in [-0.15, -0.1) is 24.0 Å². The van der Waals surface area contributed by atoms with E-state index in [9.17, 15) is 4.79 Å². The fraction of sp³-hybridized carbons (Fsp3) is 0.700. The molecule has 2 heterocycles. The van der Waals surface area contributed by atoms with Crippen LogP contribution in [0.2, 0.25) is 0 Å². The Kier molecular flexibility index (Phi) is 12.6. The van der Waals surface area contributed by atoms with Gasteiger partial charge in [0.25, 0.3) is 0 Å². The van der Waals surface area contributed by atoms with Crippen LogP contribution in [0.4, 0.5) is 5.95 Å². The molecule has 0 radical (unpaired) electrons. The quantitative estimate of drug-likeness (QED) is 0.289. The van der Waals surface area contributed by atoms with Gasteiger partial charge in [-0.2, -0.15) is 0 Å². The van der Waals surface area contributed by atoms with Crippen LogP contribution >= 0.6 is 24.0 Å². The summed E-state index contributed by atoms with van der Waals surface area (Å²) in [6.45, 7) is 14.0. The predicted octanol–water partition coefficient (Wildman–Crippen LogP) is 0.982. The maximum Gasteiger partial charge on any atom is 0.242 e. The lowest BCUT2D eigenvalue weighted by Gasteiger charge is -2.34. The lowest BCUT2D eigenvalue weighted by atomic mass is 10.3. The van der Waals surface area contributed by atoms with Crippen LogP contribution in [-0.4, -0.2) is 109 Å². The highest BCUT2D eigenvalue weighted by Crippen LogP contribution is 2.09. The lowest BCUT2D eigenvalue weighted by Crippen LogP contribution is -2.48. The molecule has 0 atom stereocenters. The van der Waals surface area contributed by atoms with Crippen LogP contribution in [0.1, 0.15) is 20.8 Å². The predicted molar refractivity (Wildman–Crippen MR) is 133 cm³/mol. The van der Waals surface area contributed by atoms with Crippen molar-refractivity contribution in [1.29, 1.82) is 0 Å². The van der Waals surface area contributed by atoms with Crippen LogP contribution in [0.5, 0.6) is 0 Å². The van der Waals surface area contributed by atoms with Crippen LogP contribution in [0, 0.1) is 0 Å². The van der Waals surface area contributed by atoms with Crippen molar-refractivity contribution in [3.8, 4) is 0 Å². The highest BCUT2D eigenvalue weighted by Gasteiger charge is 2.19. The molecule has 0 bridgehead atoms. The van der Waals surface area contributed by atoms with E-state index in [1.54, 1.807) is 12.4 Å². The molecule has 1 N–H and O–H groups in total. The number of anilines is 1. The van der Waals surface area contributed by atoms with Crippen molar-refractivity contribution in [2.75, 3.05) is 77.4 Å². The first-order valence-corrected chi connectivity index (χ1v) is 10.6. The summed E-state index contributed by atoms with van der Waals surface area (Å²) in [6.07, 6.45) is 3.57. The monoisotopic (exact) mass is 532 g/mol. The summed E-state index contributed by atoms with van der Waals surface area (Å²) in [5.41, 5.74) is 0. The Hall–Kier alpha value is -1.69. The number of hydrogen-bond acceptors (Lipinski definition) is 6. The molecule has 170 valence electrons. The van der Waals surface area contributed by atoms with Crippen molar-refractivity contribution < 1.29 is 4.79 Å². The van der Waals surface area contributed by atoms with Gasteiger partial charge in [-0.1, -0.05) is 0 Å². The number of amides is 1. The molecule has 1 aliphatic rings. The minimum atomic E-state index is 0. The van der Waals surface area contributed by atoms with Crippen molar-refractivity contribution in [2.45, 2.75) is 20.8 Å². The summed E-state index contributed by atoms with van der Waals surface area (Å²) >= 11 is 0. The first kappa shape index (κ1) is 26.3. The Bertz CT molecular complexity index is 633. The smallest absolute Gasteiger partial charge is 0.242 e. The van der Waals surface area contributed by atoms with Gasteiger partial charge in [-0.25, -0.2) is 9.97 Å². The van der Waals surface area contributed by atoms with E-state index in [1.807, 2.05) is 43.7 Å². The molecule has 1 aromatic heterocycles. The topological polar surface area (TPSA) is 80.2 Å². The SMILES string of the molecule is CCNC(=NCCN1CCN(c2ncccn2)CC1)N(C)CC(=O)N(CC)CC.I. The number of likely N-dealkylation sites (N-methyl/N-ethyl adjacent to an activating group) is 2. The van der Waals surface area contributed by atoms with Gasteiger partial charge in [0.15, 0.2) is 5.96 Å². The molecule has 1 aliphatic heterocycles. The number of halogens is 1. The average Bonchev–Trinajstić information content (AvgIpc) is 2.75. The van der Waals surface area contributed by atoms with Gasteiger partial charge in [-0.05, 0) is 26.8 Å². The first-order valence-electron chi connectivity index (χ1n) is 10.6. The number of carbonyl (C=O) groups is 1. The van der Waals surface area contributed by atoms with Crippen LogP contribution in [0.3, 0.4) is 0 Å². The molecule has 10 heteroatoms. The molecule has 0 spiro atoms. The lowest BCUT2D eigenvalue weighted by molar-refractivity contribution is -0.131. The molecule has 1 aromatic rings. The van der Waals surface area contributed by atoms with Gasteiger partial charge in [0.2, 0.25) is 11.9 Å². The molecular formula is C20H37IN8O. The summed E-state index contributed by atoms with van der Waals surface area (Å²) in [4.78, 5) is 34.1. The zero-order chi connectivity index (χ0) is 21.1. The Morgan fingerprint density at radius 1 is 1.13 bits per heavy atom. The number of piperazine rings is 1. The normalized spacial score (nSPS) is 14.8. The third-order valence-electron chi connectivity index (χ3n) is 5.07. The fourth-order valence-corrected chi connectivity index (χ4v) is 3.35. The molecule has 1 amide bonds. The summed E-state index contributed by atoms with van der Waals surface area (Å²) in [7, 11) is 1.92. The number of aliphatic imine (C=N–C) groups is 1. The largest absolute Gasteiger partial charge is 0.357 e. The minimum absolute atomic E-state index is 0. The van der Waals surface area contributed by atoms with Gasteiger partial charge in [0, 0.05) is 71.8 Å². The van der Waals surface area contributed by atoms with E-state index in [0.717, 1.165) is 64.3 Å². The van der Waals surface area contributed by atoms with Gasteiger partial charge in [0.05, 0.1) is 13.1 Å². The van der Waals surface area contributed by atoms with Gasteiger partial charge < -0.3 is 20.0 Å². The highest BCUT2D eigenvalue weighted by atomic mass is 127. The standard InChI is InChI=1S/C20H36N8O.HI/c1-5-21-19(25(4)17-18(29)27(6-2)7-3)24-11-12-26-13-15-28(16-14-26)20-22-9-8-10-23-20;/h8-10H,5-7,11-17H2,1-4H3,(H,21,24);1H. The van der Waals surface area contributed by atoms with Crippen LogP contribution < -0.4 is 10.2 Å². The maximum absolute atomic E-state index is 12.4. The van der Waals surface area contributed by atoms with Crippen LogP contribution in [-0.2, 0) is 4.79 Å². The van der Waals surface area contributed by atoms with Crippen LogP contribution in [0.25, 0.3) is 0 Å². The number of rotatable bonds is 9. The van der Waals surface area contributed by atoms with E-state index >= 15 is 0 Å². The summed E-state index contributed by atoms with van der Waals surface area (Å²) in [6, 6.07) is 1.84. The first-order chi connectivity index (χ1) is 14.1. The summed E-state index contributed by atoms with van der Waals surface area (Å²) < 4.78 is 0. The highest BCUT2D eigenvalue weighted by molar-refractivity contribution is 14.0. The van der Waals surface area contributed by atoms with E-state index in [2.05, 4.69) is 25.1 Å². The zero-order valence-electron chi connectivity index (χ0n) is 18.8. The van der Waals surface area contributed by atoms with Gasteiger partial charge in [0.1, 0.15) is 0 Å². The second-order valence-corrected chi connectivity index (χ2v) is 7.04. The minimum Gasteiger partial charge on any atom is -0.357 e. The van der Waals surface area contributed by atoms with E-state index < -0.39 is 0 Å². The molecule has 1 saturated heterocycles. The zero-order valence-corrected chi connectivity index (χ0v) is 21.1. The molecule has 2 rings (SSSR count). The van der Waals surface area contributed by atoms with E-state index in [0.29, 0.717) is 13.1 Å². The van der Waals surface area contributed by atoms with E-state index in [4.69, 9.17) is 4.99 Å². The number of nitrogens with one attached hydrogen (secondary N) is 1. The fourth-order valence-electron chi connectivity index (χ4n) is 3.35. The molecule has 1 fully saturated rings. The van der Waals surface area contributed by atoms with E-state index in [-0.39, 0.29) is 29.9 Å². The van der Waals surface area contributed by atoms with Crippen LogP contribution in [0.15, 0.2) is 23.5 Å². The molecular weight excluding hydrogens is 495 g/mol. The Morgan fingerprint density at radius 2 is 1.77 bits per heavy atom. The van der Waals surface area contributed by atoms with Crippen molar-refractivity contribution in [1.82, 2.24) is 30.0 Å². The third kappa shape index (κ3) is 8.21. The average molecular weight is 532 g/mol. The van der Waals surface area contributed by atoms with Crippen molar-refractivity contribution in [3.63, 3.8) is 0 Å². The molecule has 30 heavy (non-hydrogen) atoms.